The molecule has 1 aliphatic rings. The molecule has 138 valence electrons. The molecule has 1 saturated heterocycles. The molecule has 0 bridgehead atoms. The Morgan fingerprint density at radius 1 is 1.19 bits per heavy atom. The Morgan fingerprint density at radius 3 is 2.63 bits per heavy atom. The zero-order valence-electron chi connectivity index (χ0n) is 14.0. The number of para-hydroxylation sites is 1. The monoisotopic (exact) mass is 373 g/mol. The highest BCUT2D eigenvalue weighted by atomic mass is 19.4. The summed E-state index contributed by atoms with van der Waals surface area (Å²) in [7, 11) is 0. The van der Waals surface area contributed by atoms with Crippen molar-refractivity contribution in [1.29, 1.82) is 5.26 Å². The van der Waals surface area contributed by atoms with Crippen molar-refractivity contribution < 1.29 is 22.8 Å². The van der Waals surface area contributed by atoms with Gasteiger partial charge < -0.3 is 10.2 Å². The number of hydrogen-bond donors (Lipinski definition) is 1. The van der Waals surface area contributed by atoms with Crippen LogP contribution in [-0.2, 0) is 15.8 Å². The second kappa shape index (κ2) is 7.11. The molecule has 3 rings (SSSR count). The number of nitrogens with zero attached hydrogens (tertiary/aromatic N) is 2. The maximum atomic E-state index is 13.2. The molecule has 1 N–H and O–H groups in total. The highest BCUT2D eigenvalue weighted by molar-refractivity contribution is 6.04. The molecular weight excluding hydrogens is 359 g/mol. The van der Waals surface area contributed by atoms with Crippen molar-refractivity contribution in [2.24, 2.45) is 5.92 Å². The topological polar surface area (TPSA) is 73.2 Å². The zero-order chi connectivity index (χ0) is 19.6. The van der Waals surface area contributed by atoms with Crippen LogP contribution in [0, 0.1) is 17.2 Å². The van der Waals surface area contributed by atoms with Gasteiger partial charge in [-0.05, 0) is 30.3 Å². The number of nitrogens with one attached hydrogen (secondary N) is 1. The molecule has 0 saturated carbocycles. The summed E-state index contributed by atoms with van der Waals surface area (Å²) in [6.07, 6.45) is -4.79. The van der Waals surface area contributed by atoms with E-state index < -0.39 is 29.5 Å². The van der Waals surface area contributed by atoms with E-state index in [4.69, 9.17) is 5.26 Å². The van der Waals surface area contributed by atoms with Crippen LogP contribution in [0.5, 0.6) is 0 Å². The first-order chi connectivity index (χ1) is 12.8. The van der Waals surface area contributed by atoms with Gasteiger partial charge in [-0.15, -0.1) is 0 Å². The third-order valence-electron chi connectivity index (χ3n) is 4.26. The van der Waals surface area contributed by atoms with Gasteiger partial charge in [-0.1, -0.05) is 18.2 Å². The van der Waals surface area contributed by atoms with E-state index in [0.717, 1.165) is 11.0 Å². The fourth-order valence-corrected chi connectivity index (χ4v) is 2.98. The smallest absolute Gasteiger partial charge is 0.326 e. The average Bonchev–Trinajstić information content (AvgIpc) is 3.03. The van der Waals surface area contributed by atoms with Crippen LogP contribution < -0.4 is 10.2 Å². The van der Waals surface area contributed by atoms with Crippen LogP contribution in [0.2, 0.25) is 0 Å². The molecule has 2 amide bonds. The third-order valence-corrected chi connectivity index (χ3v) is 4.26. The normalized spacial score (nSPS) is 16.9. The standard InChI is InChI=1S/C19H14F3N3O2/c20-19(21,22)15-6-1-2-7-16(15)25-11-13(9-17(25)26)18(27)24-14-5-3-4-12(8-14)10-23/h1-8,13H,9,11H2,(H,24,27). The van der Waals surface area contributed by atoms with Gasteiger partial charge in [-0.3, -0.25) is 9.59 Å². The summed E-state index contributed by atoms with van der Waals surface area (Å²) in [6.45, 7) is -0.143. The number of nitriles is 1. The summed E-state index contributed by atoms with van der Waals surface area (Å²) >= 11 is 0. The van der Waals surface area contributed by atoms with Gasteiger partial charge in [0.05, 0.1) is 28.8 Å². The van der Waals surface area contributed by atoms with E-state index in [1.165, 1.54) is 24.3 Å². The maximum Gasteiger partial charge on any atom is 0.418 e. The van der Waals surface area contributed by atoms with E-state index in [0.29, 0.717) is 11.3 Å². The van der Waals surface area contributed by atoms with Gasteiger partial charge in [-0.2, -0.15) is 18.4 Å². The Labute approximate surface area is 153 Å². The van der Waals surface area contributed by atoms with Crippen molar-refractivity contribution in [3.63, 3.8) is 0 Å². The third kappa shape index (κ3) is 3.92. The van der Waals surface area contributed by atoms with E-state index >= 15 is 0 Å². The lowest BCUT2D eigenvalue weighted by atomic mass is 10.1. The molecule has 1 fully saturated rings. The first-order valence-corrected chi connectivity index (χ1v) is 8.07. The Bertz CT molecular complexity index is 934. The minimum atomic E-state index is -4.60. The van der Waals surface area contributed by atoms with Crippen LogP contribution in [0.3, 0.4) is 0 Å². The summed E-state index contributed by atoms with van der Waals surface area (Å²) in [6, 6.07) is 13.0. The molecule has 0 radical (unpaired) electrons. The fourth-order valence-electron chi connectivity index (χ4n) is 2.98. The lowest BCUT2D eigenvalue weighted by molar-refractivity contribution is -0.137. The van der Waals surface area contributed by atoms with Crippen molar-refractivity contribution in [3.8, 4) is 6.07 Å². The molecule has 2 aromatic rings. The summed E-state index contributed by atoms with van der Waals surface area (Å²) in [5, 5.41) is 11.5. The molecular formula is C19H14F3N3O2. The van der Waals surface area contributed by atoms with Crippen molar-refractivity contribution in [2.75, 3.05) is 16.8 Å². The summed E-state index contributed by atoms with van der Waals surface area (Å²) in [5.74, 6) is -1.81. The summed E-state index contributed by atoms with van der Waals surface area (Å²) in [5.41, 5.74) is -0.422. The van der Waals surface area contributed by atoms with E-state index in [2.05, 4.69) is 5.32 Å². The van der Waals surface area contributed by atoms with Crippen LogP contribution in [-0.4, -0.2) is 18.4 Å². The van der Waals surface area contributed by atoms with E-state index in [-0.39, 0.29) is 18.7 Å². The summed E-state index contributed by atoms with van der Waals surface area (Å²) in [4.78, 5) is 25.7. The van der Waals surface area contributed by atoms with Crippen LogP contribution >= 0.6 is 0 Å². The quantitative estimate of drug-likeness (QED) is 0.894. The number of halogens is 3. The van der Waals surface area contributed by atoms with Crippen molar-refractivity contribution in [3.05, 3.63) is 59.7 Å². The number of amides is 2. The van der Waals surface area contributed by atoms with Crippen molar-refractivity contribution >= 4 is 23.2 Å². The maximum absolute atomic E-state index is 13.2. The van der Waals surface area contributed by atoms with E-state index in [1.807, 2.05) is 6.07 Å². The van der Waals surface area contributed by atoms with Crippen LogP contribution in [0.4, 0.5) is 24.5 Å². The lowest BCUT2D eigenvalue weighted by Crippen LogP contribution is -2.29. The van der Waals surface area contributed by atoms with Gasteiger partial charge in [0, 0.05) is 18.7 Å². The van der Waals surface area contributed by atoms with Gasteiger partial charge in [0.2, 0.25) is 11.8 Å². The molecule has 0 aliphatic carbocycles. The Morgan fingerprint density at radius 2 is 1.93 bits per heavy atom. The minimum Gasteiger partial charge on any atom is -0.326 e. The molecule has 1 aliphatic heterocycles. The molecule has 0 spiro atoms. The van der Waals surface area contributed by atoms with Crippen molar-refractivity contribution in [1.82, 2.24) is 0 Å². The highest BCUT2D eigenvalue weighted by Crippen LogP contribution is 2.38. The van der Waals surface area contributed by atoms with Gasteiger partial charge in [-0.25, -0.2) is 0 Å². The number of alkyl halides is 3. The Kier molecular flexibility index (Phi) is 4.86. The summed E-state index contributed by atoms with van der Waals surface area (Å²) < 4.78 is 39.6. The predicted octanol–water partition coefficient (Wildman–Crippen LogP) is 3.57. The molecule has 8 heteroatoms. The lowest BCUT2D eigenvalue weighted by Gasteiger charge is -2.21. The van der Waals surface area contributed by atoms with Gasteiger partial charge >= 0.3 is 6.18 Å². The highest BCUT2D eigenvalue weighted by Gasteiger charge is 2.40. The number of anilines is 2. The molecule has 1 atom stereocenters. The minimum absolute atomic E-state index is 0.143. The number of benzene rings is 2. The van der Waals surface area contributed by atoms with Crippen LogP contribution in [0.1, 0.15) is 17.5 Å². The predicted molar refractivity (Wildman–Crippen MR) is 91.7 cm³/mol. The SMILES string of the molecule is N#Cc1cccc(NC(=O)C2CC(=O)N(c3ccccc3C(F)(F)F)C2)c1. The first kappa shape index (κ1) is 18.5. The fraction of sp³-hybridized carbons (Fsp3) is 0.211. The van der Waals surface area contributed by atoms with Crippen molar-refractivity contribution in [2.45, 2.75) is 12.6 Å². The van der Waals surface area contributed by atoms with Gasteiger partial charge in [0.25, 0.3) is 0 Å². The van der Waals surface area contributed by atoms with Crippen LogP contribution in [0.15, 0.2) is 48.5 Å². The molecule has 5 nitrogen and oxygen atoms in total. The van der Waals surface area contributed by atoms with Gasteiger partial charge in [0.1, 0.15) is 0 Å². The second-order valence-electron chi connectivity index (χ2n) is 6.10. The molecule has 27 heavy (non-hydrogen) atoms. The number of carbonyl (C=O) groups is 2. The molecule has 0 aromatic heterocycles. The zero-order valence-corrected chi connectivity index (χ0v) is 14.0. The van der Waals surface area contributed by atoms with E-state index in [1.54, 1.807) is 18.2 Å². The molecule has 1 heterocycles. The Balaban J connectivity index is 1.78. The largest absolute Gasteiger partial charge is 0.418 e. The molecule has 2 aromatic carbocycles. The second-order valence-corrected chi connectivity index (χ2v) is 6.10. The van der Waals surface area contributed by atoms with Gasteiger partial charge in [0.15, 0.2) is 0 Å². The van der Waals surface area contributed by atoms with E-state index in [9.17, 15) is 22.8 Å². The Hall–Kier alpha value is -3.34. The average molecular weight is 373 g/mol. The number of rotatable bonds is 3. The first-order valence-electron chi connectivity index (χ1n) is 8.07. The molecule has 1 unspecified atom stereocenters. The number of carbonyl (C=O) groups excluding carboxylic acids is 2. The number of hydrogen-bond acceptors (Lipinski definition) is 3. The van der Waals surface area contributed by atoms with Crippen LogP contribution in [0.25, 0.3) is 0 Å².